The normalized spacial score (nSPS) is 11.7. The number of rotatable bonds is 9. The van der Waals surface area contributed by atoms with Crippen LogP contribution < -0.4 is 5.32 Å². The van der Waals surface area contributed by atoms with Crippen molar-refractivity contribution in [3.63, 3.8) is 0 Å². The number of fused-ring (bicyclic) bond motifs is 2. The molecule has 0 atom stereocenters. The lowest BCUT2D eigenvalue weighted by molar-refractivity contribution is 0.0696. The zero-order chi connectivity index (χ0) is 27.6. The number of nitrogens with one attached hydrogen (secondary N) is 1. The summed E-state index contributed by atoms with van der Waals surface area (Å²) in [5.74, 6) is -1.42. The molecule has 39 heavy (non-hydrogen) atoms. The number of hydrogen-bond donors (Lipinski definition) is 2. The van der Waals surface area contributed by atoms with E-state index in [4.69, 9.17) is 9.84 Å². The van der Waals surface area contributed by atoms with Crippen molar-refractivity contribution >= 4 is 47.3 Å². The number of benzene rings is 3. The van der Waals surface area contributed by atoms with Gasteiger partial charge in [-0.15, -0.1) is 0 Å². The molecule has 0 aliphatic carbocycles. The van der Waals surface area contributed by atoms with E-state index in [0.717, 1.165) is 33.5 Å². The summed E-state index contributed by atoms with van der Waals surface area (Å²) in [5, 5.41) is 19.4. The molecule has 5 rings (SSSR count). The molecule has 0 bridgehead atoms. The Bertz CT molecular complexity index is 1670. The Morgan fingerprint density at radius 1 is 0.974 bits per heavy atom. The zero-order valence-electron chi connectivity index (χ0n) is 22.1. The van der Waals surface area contributed by atoms with Crippen LogP contribution in [0.3, 0.4) is 0 Å². The number of pyridine rings is 1. The number of aromatic nitrogens is 3. The molecule has 0 saturated heterocycles. The molecule has 5 aromatic rings. The van der Waals surface area contributed by atoms with Crippen LogP contribution in [0.15, 0.2) is 79.1 Å². The van der Waals surface area contributed by atoms with E-state index < -0.39 is 20.0 Å². The number of carboxylic acid groups (broad SMARTS) is 1. The maximum absolute atomic E-state index is 13.4. The van der Waals surface area contributed by atoms with E-state index in [1.54, 1.807) is 16.8 Å². The summed E-state index contributed by atoms with van der Waals surface area (Å²) >= 11 is 0. The van der Waals surface area contributed by atoms with Gasteiger partial charge in [0.1, 0.15) is 6.73 Å². The third-order valence-corrected chi connectivity index (χ3v) is 8.25. The van der Waals surface area contributed by atoms with E-state index in [0.29, 0.717) is 17.7 Å². The SMILES string of the molecule is C[Si](C)(C)CCOCn1nc(C(=O)Nc2ccc(C(=O)O)cc2)c2cc(-c3cncc4ccccc34)ccc21. The third-order valence-electron chi connectivity index (χ3n) is 6.54. The standard InChI is InChI=1S/C30H30N4O4Si/c1-39(2,3)15-14-38-19-34-27-13-10-21(26-18-31-17-22-6-4-5-7-24(22)26)16-25(27)28(33-34)29(35)32-23-11-8-20(9-12-23)30(36)37/h4-13,16-18H,14-15,19H2,1-3H3,(H,32,35)(H,36,37). The summed E-state index contributed by atoms with van der Waals surface area (Å²) in [6, 6.07) is 21.0. The second-order valence-corrected chi connectivity index (χ2v) is 16.3. The number of hydrogen-bond acceptors (Lipinski definition) is 5. The first kappa shape index (κ1) is 26.3. The average molecular weight is 539 g/mol. The summed E-state index contributed by atoms with van der Waals surface area (Å²) in [6.07, 6.45) is 3.67. The predicted octanol–water partition coefficient (Wildman–Crippen LogP) is 6.51. The maximum atomic E-state index is 13.4. The van der Waals surface area contributed by atoms with E-state index in [1.165, 1.54) is 12.1 Å². The number of anilines is 1. The van der Waals surface area contributed by atoms with Gasteiger partial charge in [0.25, 0.3) is 5.91 Å². The van der Waals surface area contributed by atoms with Gasteiger partial charge in [0.05, 0.1) is 11.1 Å². The molecule has 9 heteroatoms. The maximum Gasteiger partial charge on any atom is 0.335 e. The van der Waals surface area contributed by atoms with Crippen LogP contribution in [0.4, 0.5) is 5.69 Å². The minimum atomic E-state index is -1.25. The van der Waals surface area contributed by atoms with E-state index >= 15 is 0 Å². The Morgan fingerprint density at radius 3 is 2.49 bits per heavy atom. The van der Waals surface area contributed by atoms with E-state index in [2.05, 4.69) is 41.1 Å². The van der Waals surface area contributed by atoms with Crippen LogP contribution in [0.2, 0.25) is 25.7 Å². The molecule has 0 fully saturated rings. The summed E-state index contributed by atoms with van der Waals surface area (Å²) < 4.78 is 7.68. The lowest BCUT2D eigenvalue weighted by Gasteiger charge is -2.15. The number of ether oxygens (including phenoxy) is 1. The van der Waals surface area contributed by atoms with Crippen LogP contribution in [-0.2, 0) is 11.5 Å². The molecule has 2 aromatic heterocycles. The second-order valence-electron chi connectivity index (χ2n) is 10.7. The van der Waals surface area contributed by atoms with Crippen LogP contribution in [0.1, 0.15) is 20.8 Å². The van der Waals surface area contributed by atoms with Crippen molar-refractivity contribution in [3.05, 3.63) is 90.4 Å². The number of aromatic carboxylic acids is 1. The lowest BCUT2D eigenvalue weighted by Crippen LogP contribution is -2.22. The lowest BCUT2D eigenvalue weighted by atomic mass is 9.99. The van der Waals surface area contributed by atoms with Crippen molar-refractivity contribution in [1.29, 1.82) is 0 Å². The van der Waals surface area contributed by atoms with Gasteiger partial charge in [0.2, 0.25) is 0 Å². The molecule has 2 heterocycles. The van der Waals surface area contributed by atoms with E-state index in [9.17, 15) is 9.59 Å². The van der Waals surface area contributed by atoms with Crippen LogP contribution in [0.25, 0.3) is 32.8 Å². The molecule has 0 aliphatic rings. The number of nitrogens with zero attached hydrogens (tertiary/aromatic N) is 3. The van der Waals surface area contributed by atoms with Gasteiger partial charge in [-0.05, 0) is 53.4 Å². The smallest absolute Gasteiger partial charge is 0.335 e. The van der Waals surface area contributed by atoms with Gasteiger partial charge >= 0.3 is 5.97 Å². The topological polar surface area (TPSA) is 106 Å². The molecule has 2 N–H and O–H groups in total. The van der Waals surface area contributed by atoms with Gasteiger partial charge in [0, 0.05) is 49.1 Å². The summed E-state index contributed by atoms with van der Waals surface area (Å²) in [6.45, 7) is 7.77. The minimum Gasteiger partial charge on any atom is -0.478 e. The first-order valence-electron chi connectivity index (χ1n) is 12.8. The van der Waals surface area contributed by atoms with Gasteiger partial charge < -0.3 is 15.2 Å². The highest BCUT2D eigenvalue weighted by atomic mass is 28.3. The molecule has 0 saturated carbocycles. The van der Waals surface area contributed by atoms with Crippen molar-refractivity contribution in [2.24, 2.45) is 0 Å². The highest BCUT2D eigenvalue weighted by Gasteiger charge is 2.20. The van der Waals surface area contributed by atoms with Gasteiger partial charge in [-0.3, -0.25) is 9.78 Å². The quantitative estimate of drug-likeness (QED) is 0.164. The fourth-order valence-corrected chi connectivity index (χ4v) is 5.13. The van der Waals surface area contributed by atoms with Gasteiger partial charge in [-0.25, -0.2) is 9.48 Å². The van der Waals surface area contributed by atoms with Crippen LogP contribution in [0, 0.1) is 0 Å². The molecule has 1 amide bonds. The first-order valence-corrected chi connectivity index (χ1v) is 16.5. The third kappa shape index (κ3) is 5.89. The number of carbonyl (C=O) groups is 2. The number of carbonyl (C=O) groups excluding carboxylic acids is 1. The van der Waals surface area contributed by atoms with Crippen LogP contribution >= 0.6 is 0 Å². The fourth-order valence-electron chi connectivity index (χ4n) is 4.38. The Morgan fingerprint density at radius 2 is 1.74 bits per heavy atom. The largest absolute Gasteiger partial charge is 0.478 e. The van der Waals surface area contributed by atoms with Gasteiger partial charge in [-0.2, -0.15) is 5.10 Å². The summed E-state index contributed by atoms with van der Waals surface area (Å²) in [4.78, 5) is 29.0. The Balaban J connectivity index is 1.52. The molecule has 0 radical (unpaired) electrons. The Hall–Kier alpha value is -4.34. The molecular formula is C30H30N4O4Si. The van der Waals surface area contributed by atoms with E-state index in [-0.39, 0.29) is 18.0 Å². The summed E-state index contributed by atoms with van der Waals surface area (Å²) in [5.41, 5.74) is 3.55. The predicted molar refractivity (Wildman–Crippen MR) is 156 cm³/mol. The van der Waals surface area contributed by atoms with Gasteiger partial charge in [0.15, 0.2) is 5.69 Å². The highest BCUT2D eigenvalue weighted by Crippen LogP contribution is 2.31. The minimum absolute atomic E-state index is 0.145. The monoisotopic (exact) mass is 538 g/mol. The molecule has 198 valence electrons. The molecule has 0 spiro atoms. The van der Waals surface area contributed by atoms with Crippen molar-refractivity contribution in [3.8, 4) is 11.1 Å². The molecule has 8 nitrogen and oxygen atoms in total. The fraction of sp³-hybridized carbons (Fsp3) is 0.200. The molecular weight excluding hydrogens is 508 g/mol. The van der Waals surface area contributed by atoms with E-state index in [1.807, 2.05) is 48.8 Å². The molecule has 3 aromatic carbocycles. The summed E-state index contributed by atoms with van der Waals surface area (Å²) in [7, 11) is -1.25. The average Bonchev–Trinajstić information content (AvgIpc) is 3.28. The second kappa shape index (κ2) is 10.8. The first-order chi connectivity index (χ1) is 18.7. The Labute approximate surface area is 227 Å². The highest BCUT2D eigenvalue weighted by molar-refractivity contribution is 6.76. The molecule has 0 unspecified atom stereocenters. The zero-order valence-corrected chi connectivity index (χ0v) is 23.1. The van der Waals surface area contributed by atoms with Crippen LogP contribution in [0.5, 0.6) is 0 Å². The Kier molecular flexibility index (Phi) is 7.27. The van der Waals surface area contributed by atoms with Crippen molar-refractivity contribution < 1.29 is 19.4 Å². The number of carboxylic acids is 1. The molecule has 0 aliphatic heterocycles. The van der Waals surface area contributed by atoms with Crippen LogP contribution in [-0.4, -0.2) is 46.4 Å². The van der Waals surface area contributed by atoms with Gasteiger partial charge in [-0.1, -0.05) is 50.0 Å². The van der Waals surface area contributed by atoms with Crippen molar-refractivity contribution in [2.45, 2.75) is 32.4 Å². The van der Waals surface area contributed by atoms with Crippen molar-refractivity contribution in [1.82, 2.24) is 14.8 Å². The number of amides is 1. The van der Waals surface area contributed by atoms with Crippen molar-refractivity contribution in [2.75, 3.05) is 11.9 Å².